The van der Waals surface area contributed by atoms with E-state index in [0.717, 1.165) is 0 Å². The highest BCUT2D eigenvalue weighted by Crippen LogP contribution is 2.08. The van der Waals surface area contributed by atoms with E-state index in [0.29, 0.717) is 16.8 Å². The summed E-state index contributed by atoms with van der Waals surface area (Å²) in [6.45, 7) is 1.73. The number of benzene rings is 1. The van der Waals surface area contributed by atoms with Gasteiger partial charge < -0.3 is 0 Å². The van der Waals surface area contributed by atoms with Crippen LogP contribution in [0.25, 0.3) is 0 Å². The fourth-order valence-corrected chi connectivity index (χ4v) is 1.29. The molecule has 1 heterocycles. The standard InChI is InChI=1S/C13H11FN2/c1-10-3-4-11(9-13(10)14)5-6-12-7-8-16(2)15-12/h3-4,7-9H,1-2H3. The number of hydrogen-bond donors (Lipinski definition) is 0. The minimum atomic E-state index is -0.229. The van der Waals surface area contributed by atoms with Gasteiger partial charge in [-0.1, -0.05) is 12.0 Å². The third kappa shape index (κ3) is 2.29. The first-order chi connectivity index (χ1) is 7.65. The third-order valence-electron chi connectivity index (χ3n) is 2.22. The lowest BCUT2D eigenvalue weighted by atomic mass is 10.1. The van der Waals surface area contributed by atoms with Crippen molar-refractivity contribution in [2.45, 2.75) is 6.92 Å². The molecule has 0 bridgehead atoms. The minimum absolute atomic E-state index is 0.229. The fourth-order valence-electron chi connectivity index (χ4n) is 1.29. The molecular weight excluding hydrogens is 203 g/mol. The van der Waals surface area contributed by atoms with Crippen LogP contribution < -0.4 is 0 Å². The van der Waals surface area contributed by atoms with Crippen LogP contribution in [-0.4, -0.2) is 9.78 Å². The van der Waals surface area contributed by atoms with Crippen LogP contribution in [0.3, 0.4) is 0 Å². The van der Waals surface area contributed by atoms with Crippen LogP contribution in [0.2, 0.25) is 0 Å². The lowest BCUT2D eigenvalue weighted by molar-refractivity contribution is 0.618. The van der Waals surface area contributed by atoms with Crippen molar-refractivity contribution in [3.8, 4) is 11.8 Å². The molecule has 0 aliphatic rings. The molecule has 0 saturated heterocycles. The van der Waals surface area contributed by atoms with Gasteiger partial charge in [0, 0.05) is 18.8 Å². The van der Waals surface area contributed by atoms with Gasteiger partial charge in [-0.25, -0.2) is 4.39 Å². The molecule has 0 radical (unpaired) electrons. The van der Waals surface area contributed by atoms with Crippen molar-refractivity contribution in [1.82, 2.24) is 9.78 Å². The molecule has 0 amide bonds. The molecule has 0 aliphatic carbocycles. The van der Waals surface area contributed by atoms with Crippen LogP contribution in [-0.2, 0) is 7.05 Å². The molecule has 0 N–H and O–H groups in total. The Labute approximate surface area is 93.7 Å². The Morgan fingerprint density at radius 2 is 2.06 bits per heavy atom. The zero-order valence-electron chi connectivity index (χ0n) is 9.16. The normalized spacial score (nSPS) is 9.69. The molecule has 3 heteroatoms. The topological polar surface area (TPSA) is 17.8 Å². The predicted molar refractivity (Wildman–Crippen MR) is 60.3 cm³/mol. The van der Waals surface area contributed by atoms with E-state index in [1.165, 1.54) is 6.07 Å². The van der Waals surface area contributed by atoms with E-state index in [-0.39, 0.29) is 5.82 Å². The molecule has 0 spiro atoms. The van der Waals surface area contributed by atoms with Crippen LogP contribution in [0.4, 0.5) is 4.39 Å². The van der Waals surface area contributed by atoms with Gasteiger partial charge >= 0.3 is 0 Å². The largest absolute Gasteiger partial charge is 0.275 e. The van der Waals surface area contributed by atoms with Gasteiger partial charge in [-0.05, 0) is 36.6 Å². The summed E-state index contributed by atoms with van der Waals surface area (Å²) in [6, 6.07) is 6.77. The van der Waals surface area contributed by atoms with E-state index in [4.69, 9.17) is 0 Å². The zero-order chi connectivity index (χ0) is 11.5. The summed E-state index contributed by atoms with van der Waals surface area (Å²) in [5.74, 6) is 5.53. The van der Waals surface area contributed by atoms with Crippen LogP contribution >= 0.6 is 0 Å². The first kappa shape index (κ1) is 10.4. The quantitative estimate of drug-likeness (QED) is 0.615. The van der Waals surface area contributed by atoms with Gasteiger partial charge in [0.25, 0.3) is 0 Å². The maximum absolute atomic E-state index is 13.2. The lowest BCUT2D eigenvalue weighted by Crippen LogP contribution is -1.87. The van der Waals surface area contributed by atoms with Gasteiger partial charge in [0.2, 0.25) is 0 Å². The Balaban J connectivity index is 2.27. The molecule has 2 rings (SSSR count). The van der Waals surface area contributed by atoms with Gasteiger partial charge in [-0.15, -0.1) is 0 Å². The summed E-state index contributed by atoms with van der Waals surface area (Å²) >= 11 is 0. The smallest absolute Gasteiger partial charge is 0.135 e. The SMILES string of the molecule is Cc1ccc(C#Cc2ccn(C)n2)cc1F. The van der Waals surface area contributed by atoms with Crippen molar-refractivity contribution in [1.29, 1.82) is 0 Å². The van der Waals surface area contributed by atoms with Crippen LogP contribution in [0.1, 0.15) is 16.8 Å². The average Bonchev–Trinajstić information content (AvgIpc) is 2.66. The second-order valence-corrected chi connectivity index (χ2v) is 3.59. The van der Waals surface area contributed by atoms with E-state index in [1.807, 2.05) is 19.3 Å². The number of nitrogens with zero attached hydrogens (tertiary/aromatic N) is 2. The van der Waals surface area contributed by atoms with Crippen molar-refractivity contribution >= 4 is 0 Å². The fraction of sp³-hybridized carbons (Fsp3) is 0.154. The summed E-state index contributed by atoms with van der Waals surface area (Å²) in [4.78, 5) is 0. The van der Waals surface area contributed by atoms with Crippen molar-refractivity contribution < 1.29 is 4.39 Å². The Hall–Kier alpha value is -2.08. The highest BCUT2D eigenvalue weighted by atomic mass is 19.1. The van der Waals surface area contributed by atoms with Crippen molar-refractivity contribution in [3.63, 3.8) is 0 Å². The molecule has 0 unspecified atom stereocenters. The molecule has 16 heavy (non-hydrogen) atoms. The van der Waals surface area contributed by atoms with Gasteiger partial charge in [0.15, 0.2) is 0 Å². The highest BCUT2D eigenvalue weighted by molar-refractivity contribution is 5.41. The molecule has 0 saturated carbocycles. The van der Waals surface area contributed by atoms with Gasteiger partial charge in [-0.3, -0.25) is 4.68 Å². The summed E-state index contributed by atoms with van der Waals surface area (Å²) in [5.41, 5.74) is 1.97. The molecular formula is C13H11FN2. The number of rotatable bonds is 0. The number of aromatic nitrogens is 2. The molecule has 0 fully saturated rings. The minimum Gasteiger partial charge on any atom is -0.275 e. The van der Waals surface area contributed by atoms with Crippen LogP contribution in [0, 0.1) is 24.6 Å². The second-order valence-electron chi connectivity index (χ2n) is 3.59. The maximum atomic E-state index is 13.2. The average molecular weight is 214 g/mol. The predicted octanol–water partition coefficient (Wildman–Crippen LogP) is 2.27. The Morgan fingerprint density at radius 1 is 1.25 bits per heavy atom. The van der Waals surface area contributed by atoms with E-state index in [9.17, 15) is 4.39 Å². The van der Waals surface area contributed by atoms with Crippen molar-refractivity contribution in [2.75, 3.05) is 0 Å². The third-order valence-corrected chi connectivity index (χ3v) is 2.22. The molecule has 80 valence electrons. The molecule has 0 aliphatic heterocycles. The number of aryl methyl sites for hydroxylation is 2. The van der Waals surface area contributed by atoms with E-state index >= 15 is 0 Å². The zero-order valence-corrected chi connectivity index (χ0v) is 9.16. The Morgan fingerprint density at radius 3 is 2.69 bits per heavy atom. The summed E-state index contributed by atoms with van der Waals surface area (Å²) in [5, 5.41) is 4.12. The summed E-state index contributed by atoms with van der Waals surface area (Å²) in [6.07, 6.45) is 1.82. The Bertz CT molecular complexity index is 573. The van der Waals surface area contributed by atoms with Gasteiger partial charge in [0.05, 0.1) is 0 Å². The summed E-state index contributed by atoms with van der Waals surface area (Å²) < 4.78 is 14.9. The van der Waals surface area contributed by atoms with Gasteiger partial charge in [0.1, 0.15) is 11.5 Å². The first-order valence-electron chi connectivity index (χ1n) is 4.93. The first-order valence-corrected chi connectivity index (χ1v) is 4.93. The van der Waals surface area contributed by atoms with E-state index < -0.39 is 0 Å². The van der Waals surface area contributed by atoms with Crippen LogP contribution in [0.5, 0.6) is 0 Å². The van der Waals surface area contributed by atoms with Crippen molar-refractivity contribution in [3.05, 3.63) is 53.1 Å². The maximum Gasteiger partial charge on any atom is 0.135 e. The summed E-state index contributed by atoms with van der Waals surface area (Å²) in [7, 11) is 1.83. The molecule has 1 aromatic heterocycles. The van der Waals surface area contributed by atoms with E-state index in [2.05, 4.69) is 16.9 Å². The van der Waals surface area contributed by atoms with Crippen molar-refractivity contribution in [2.24, 2.45) is 7.05 Å². The molecule has 0 atom stereocenters. The molecule has 2 aromatic rings. The number of halogens is 1. The Kier molecular flexibility index (Phi) is 2.74. The van der Waals surface area contributed by atoms with Gasteiger partial charge in [-0.2, -0.15) is 5.10 Å². The second kappa shape index (κ2) is 4.19. The molecule has 2 nitrogen and oxygen atoms in total. The molecule has 1 aromatic carbocycles. The van der Waals surface area contributed by atoms with Crippen LogP contribution in [0.15, 0.2) is 30.5 Å². The number of hydrogen-bond acceptors (Lipinski definition) is 1. The van der Waals surface area contributed by atoms with E-state index in [1.54, 1.807) is 23.7 Å². The lowest BCUT2D eigenvalue weighted by Gasteiger charge is -1.95. The monoisotopic (exact) mass is 214 g/mol. The highest BCUT2D eigenvalue weighted by Gasteiger charge is 1.96.